The average Bonchev–Trinajstić information content (AvgIpc) is 2.61. The first-order valence-electron chi connectivity index (χ1n) is 5.29. The highest BCUT2D eigenvalue weighted by Crippen LogP contribution is 2.30. The number of hydrogen-bond acceptors (Lipinski definition) is 1. The van der Waals surface area contributed by atoms with E-state index in [2.05, 4.69) is 25.9 Å². The lowest BCUT2D eigenvalue weighted by molar-refractivity contribution is 0.590. The number of benzene rings is 1. The molecule has 3 heteroatoms. The molecule has 0 aliphatic rings. The lowest BCUT2D eigenvalue weighted by Gasteiger charge is -2.16. The Kier molecular flexibility index (Phi) is 2.76. The van der Waals surface area contributed by atoms with E-state index >= 15 is 0 Å². The molecular formula is C13H15ClN2. The molecule has 0 atom stereocenters. The molecule has 0 radical (unpaired) electrons. The van der Waals surface area contributed by atoms with Crippen LogP contribution in [0.25, 0.3) is 5.69 Å². The van der Waals surface area contributed by atoms with E-state index in [-0.39, 0.29) is 5.41 Å². The molecule has 84 valence electrons. The summed E-state index contributed by atoms with van der Waals surface area (Å²) in [7, 11) is 0. The molecule has 16 heavy (non-hydrogen) atoms. The first kappa shape index (κ1) is 11.2. The van der Waals surface area contributed by atoms with Crippen molar-refractivity contribution >= 4 is 11.6 Å². The summed E-state index contributed by atoms with van der Waals surface area (Å²) in [5, 5.41) is 5.03. The predicted octanol–water partition coefficient (Wildman–Crippen LogP) is 3.82. The Morgan fingerprint density at radius 3 is 2.25 bits per heavy atom. The van der Waals surface area contributed by atoms with E-state index in [1.165, 1.54) is 0 Å². The van der Waals surface area contributed by atoms with Gasteiger partial charge in [-0.2, -0.15) is 5.10 Å². The molecule has 0 amide bonds. The molecule has 2 rings (SSSR count). The molecule has 1 aromatic carbocycles. The van der Waals surface area contributed by atoms with Crippen LogP contribution in [-0.2, 0) is 5.41 Å². The summed E-state index contributed by atoms with van der Waals surface area (Å²) in [4.78, 5) is 0. The molecule has 1 heterocycles. The van der Waals surface area contributed by atoms with Gasteiger partial charge in [0.15, 0.2) is 0 Å². The van der Waals surface area contributed by atoms with Crippen LogP contribution in [0.15, 0.2) is 36.5 Å². The standard InChI is InChI=1S/C13H15ClN2/c1-13(2,3)11-9-15-16(12(11)14)10-7-5-4-6-8-10/h4-9H,1-3H3. The smallest absolute Gasteiger partial charge is 0.136 e. The van der Waals surface area contributed by atoms with Crippen molar-refractivity contribution in [1.82, 2.24) is 9.78 Å². The predicted molar refractivity (Wildman–Crippen MR) is 67.3 cm³/mol. The molecule has 0 N–H and O–H groups in total. The fourth-order valence-electron chi connectivity index (χ4n) is 1.59. The second-order valence-corrected chi connectivity index (χ2v) is 5.20. The molecule has 0 fully saturated rings. The van der Waals surface area contributed by atoms with Crippen LogP contribution in [0.5, 0.6) is 0 Å². The second kappa shape index (κ2) is 3.95. The minimum absolute atomic E-state index is 0.0180. The maximum Gasteiger partial charge on any atom is 0.136 e. The molecule has 1 aromatic heterocycles. The molecular weight excluding hydrogens is 220 g/mol. The van der Waals surface area contributed by atoms with Gasteiger partial charge in [-0.1, -0.05) is 50.6 Å². The molecule has 0 aliphatic heterocycles. The summed E-state index contributed by atoms with van der Waals surface area (Å²) in [5.74, 6) is 0. The van der Waals surface area contributed by atoms with Gasteiger partial charge in [-0.3, -0.25) is 0 Å². The van der Waals surface area contributed by atoms with Crippen LogP contribution >= 0.6 is 11.6 Å². The Morgan fingerprint density at radius 2 is 1.75 bits per heavy atom. The monoisotopic (exact) mass is 234 g/mol. The van der Waals surface area contributed by atoms with E-state index in [1.54, 1.807) is 4.68 Å². The summed E-state index contributed by atoms with van der Waals surface area (Å²) in [5.41, 5.74) is 2.07. The van der Waals surface area contributed by atoms with E-state index in [9.17, 15) is 0 Å². The first-order valence-corrected chi connectivity index (χ1v) is 5.67. The SMILES string of the molecule is CC(C)(C)c1cnn(-c2ccccc2)c1Cl. The van der Waals surface area contributed by atoms with Gasteiger partial charge in [0.05, 0.1) is 11.9 Å². The average molecular weight is 235 g/mol. The van der Waals surface area contributed by atoms with Gasteiger partial charge in [-0.25, -0.2) is 4.68 Å². The van der Waals surface area contributed by atoms with Crippen molar-refractivity contribution in [2.45, 2.75) is 26.2 Å². The molecule has 0 aliphatic carbocycles. The Morgan fingerprint density at radius 1 is 1.12 bits per heavy atom. The van der Waals surface area contributed by atoms with E-state index in [4.69, 9.17) is 11.6 Å². The van der Waals surface area contributed by atoms with E-state index in [0.29, 0.717) is 5.15 Å². The summed E-state index contributed by atoms with van der Waals surface area (Å²) >= 11 is 6.34. The molecule has 0 spiro atoms. The summed E-state index contributed by atoms with van der Waals surface area (Å²) in [6.45, 7) is 6.39. The van der Waals surface area contributed by atoms with Gasteiger partial charge in [-0.05, 0) is 17.5 Å². The van der Waals surface area contributed by atoms with Crippen molar-refractivity contribution in [2.24, 2.45) is 0 Å². The quantitative estimate of drug-likeness (QED) is 0.734. The van der Waals surface area contributed by atoms with Crippen molar-refractivity contribution in [1.29, 1.82) is 0 Å². The summed E-state index contributed by atoms with van der Waals surface area (Å²) in [6, 6.07) is 9.91. The van der Waals surface area contributed by atoms with Crippen molar-refractivity contribution in [3.63, 3.8) is 0 Å². The minimum Gasteiger partial charge on any atom is -0.222 e. The Balaban J connectivity index is 2.50. The topological polar surface area (TPSA) is 17.8 Å². The van der Waals surface area contributed by atoms with Gasteiger partial charge in [0.2, 0.25) is 0 Å². The van der Waals surface area contributed by atoms with Crippen LogP contribution in [0.4, 0.5) is 0 Å². The van der Waals surface area contributed by atoms with Gasteiger partial charge in [-0.15, -0.1) is 0 Å². The maximum absolute atomic E-state index is 6.34. The number of nitrogens with zero attached hydrogens (tertiary/aromatic N) is 2. The zero-order valence-corrected chi connectivity index (χ0v) is 10.5. The van der Waals surface area contributed by atoms with E-state index in [0.717, 1.165) is 11.3 Å². The first-order chi connectivity index (χ1) is 7.50. The molecule has 0 bridgehead atoms. The molecule has 2 aromatic rings. The largest absolute Gasteiger partial charge is 0.222 e. The zero-order valence-electron chi connectivity index (χ0n) is 9.74. The van der Waals surface area contributed by atoms with Gasteiger partial charge < -0.3 is 0 Å². The lowest BCUT2D eigenvalue weighted by atomic mass is 9.90. The zero-order chi connectivity index (χ0) is 11.8. The minimum atomic E-state index is 0.0180. The maximum atomic E-state index is 6.34. The van der Waals surface area contributed by atoms with Crippen LogP contribution in [0.3, 0.4) is 0 Å². The van der Waals surface area contributed by atoms with Gasteiger partial charge in [0, 0.05) is 5.56 Å². The molecule has 0 saturated carbocycles. The fraction of sp³-hybridized carbons (Fsp3) is 0.308. The Hall–Kier alpha value is -1.28. The van der Waals surface area contributed by atoms with Crippen LogP contribution in [0.1, 0.15) is 26.3 Å². The van der Waals surface area contributed by atoms with Crippen LogP contribution in [-0.4, -0.2) is 9.78 Å². The molecule has 0 saturated heterocycles. The number of aromatic nitrogens is 2. The third kappa shape index (κ3) is 1.98. The van der Waals surface area contributed by atoms with Gasteiger partial charge in [0.1, 0.15) is 5.15 Å². The molecule has 0 unspecified atom stereocenters. The fourth-order valence-corrected chi connectivity index (χ4v) is 2.06. The van der Waals surface area contributed by atoms with Crippen molar-refractivity contribution in [3.05, 3.63) is 47.2 Å². The Labute approximate surface area is 101 Å². The summed E-state index contributed by atoms with van der Waals surface area (Å²) in [6.07, 6.45) is 1.84. The van der Waals surface area contributed by atoms with Crippen molar-refractivity contribution in [3.8, 4) is 5.69 Å². The van der Waals surface area contributed by atoms with Crippen molar-refractivity contribution < 1.29 is 0 Å². The van der Waals surface area contributed by atoms with E-state index < -0.39 is 0 Å². The normalized spacial score (nSPS) is 11.8. The van der Waals surface area contributed by atoms with Crippen LogP contribution < -0.4 is 0 Å². The lowest BCUT2D eigenvalue weighted by Crippen LogP contribution is -2.10. The highest BCUT2D eigenvalue weighted by atomic mass is 35.5. The Bertz CT molecular complexity index is 480. The third-order valence-electron chi connectivity index (χ3n) is 2.52. The highest BCUT2D eigenvalue weighted by Gasteiger charge is 2.21. The number of rotatable bonds is 1. The van der Waals surface area contributed by atoms with Crippen LogP contribution in [0.2, 0.25) is 5.15 Å². The van der Waals surface area contributed by atoms with E-state index in [1.807, 2.05) is 36.5 Å². The van der Waals surface area contributed by atoms with Crippen molar-refractivity contribution in [2.75, 3.05) is 0 Å². The second-order valence-electron chi connectivity index (χ2n) is 4.85. The van der Waals surface area contributed by atoms with Gasteiger partial charge >= 0.3 is 0 Å². The third-order valence-corrected chi connectivity index (χ3v) is 2.88. The number of halogens is 1. The summed E-state index contributed by atoms with van der Waals surface area (Å²) < 4.78 is 1.77. The van der Waals surface area contributed by atoms with Crippen LogP contribution in [0, 0.1) is 0 Å². The highest BCUT2D eigenvalue weighted by molar-refractivity contribution is 6.30. The number of hydrogen-bond donors (Lipinski definition) is 0. The molecule has 2 nitrogen and oxygen atoms in total. The van der Waals surface area contributed by atoms with Gasteiger partial charge in [0.25, 0.3) is 0 Å². The number of para-hydroxylation sites is 1.